The Kier molecular flexibility index (Phi) is 3.02. The van der Waals surface area contributed by atoms with Gasteiger partial charge >= 0.3 is 11.4 Å². The van der Waals surface area contributed by atoms with Crippen molar-refractivity contribution >= 4 is 17.4 Å². The summed E-state index contributed by atoms with van der Waals surface area (Å²) in [5.74, 6) is -1.66. The van der Waals surface area contributed by atoms with Crippen molar-refractivity contribution < 1.29 is 14.5 Å². The first-order valence-electron chi connectivity index (χ1n) is 6.63. The summed E-state index contributed by atoms with van der Waals surface area (Å²) >= 11 is 0. The van der Waals surface area contributed by atoms with Crippen LogP contribution in [0.3, 0.4) is 0 Å². The number of likely N-dealkylation sites (N-methyl/N-ethyl adjacent to an activating group) is 1. The quantitative estimate of drug-likeness (QED) is 0.482. The van der Waals surface area contributed by atoms with Gasteiger partial charge in [-0.15, -0.1) is 0 Å². The average Bonchev–Trinajstić information content (AvgIpc) is 2.54. The van der Waals surface area contributed by atoms with Gasteiger partial charge in [-0.2, -0.15) is 0 Å². The first-order valence-corrected chi connectivity index (χ1v) is 6.63. The first kappa shape index (κ1) is 13.9. The second-order valence-corrected chi connectivity index (χ2v) is 5.04. The van der Waals surface area contributed by atoms with Crippen molar-refractivity contribution in [2.45, 2.75) is 5.54 Å². The summed E-state index contributed by atoms with van der Waals surface area (Å²) in [5, 5.41) is 11.8. The van der Waals surface area contributed by atoms with Crippen molar-refractivity contribution in [1.82, 2.24) is 0 Å². The summed E-state index contributed by atoms with van der Waals surface area (Å²) in [6, 6.07) is 14.1. The number of amides is 1. The van der Waals surface area contributed by atoms with Gasteiger partial charge in [-0.1, -0.05) is 42.5 Å². The normalized spacial score (nSPS) is 20.7. The third kappa shape index (κ3) is 1.60. The third-order valence-corrected chi connectivity index (χ3v) is 3.92. The molecule has 2 aromatic carbocycles. The van der Waals surface area contributed by atoms with E-state index in [0.717, 1.165) is 0 Å². The molecular formula is C16H12N2O4. The molecule has 1 aliphatic rings. The lowest BCUT2D eigenvalue weighted by Gasteiger charge is -2.33. The fraction of sp³-hybridized carbons (Fsp3) is 0.125. The second-order valence-electron chi connectivity index (χ2n) is 5.04. The molecule has 0 radical (unpaired) electrons. The molecule has 1 atom stereocenters. The minimum atomic E-state index is -2.43. The van der Waals surface area contributed by atoms with Crippen molar-refractivity contribution in [3.63, 3.8) is 0 Å². The highest BCUT2D eigenvalue weighted by Crippen LogP contribution is 2.39. The fourth-order valence-electron chi connectivity index (χ4n) is 2.80. The Labute approximate surface area is 126 Å². The van der Waals surface area contributed by atoms with Gasteiger partial charge in [-0.25, -0.2) is 0 Å². The van der Waals surface area contributed by atoms with Crippen LogP contribution in [0.2, 0.25) is 0 Å². The van der Waals surface area contributed by atoms with Crippen LogP contribution in [0.4, 0.5) is 5.69 Å². The van der Waals surface area contributed by atoms with Crippen LogP contribution in [-0.2, 0) is 10.3 Å². The molecule has 22 heavy (non-hydrogen) atoms. The van der Waals surface area contributed by atoms with Crippen LogP contribution in [-0.4, -0.2) is 23.7 Å². The van der Waals surface area contributed by atoms with E-state index in [1.54, 1.807) is 36.4 Å². The molecule has 6 nitrogen and oxygen atoms in total. The molecule has 0 fully saturated rings. The standard InChI is InChI=1S/C16H12N2O4/c1-17-13-10-6-5-9-12(13)14(19)16(15(17)20,18(21)22)11-7-3-2-4-8-11/h2-10H,1H3. The van der Waals surface area contributed by atoms with E-state index >= 15 is 0 Å². The number of rotatable bonds is 2. The summed E-state index contributed by atoms with van der Waals surface area (Å²) in [6.07, 6.45) is 0. The van der Waals surface area contributed by atoms with Crippen molar-refractivity contribution in [2.75, 3.05) is 11.9 Å². The molecule has 110 valence electrons. The van der Waals surface area contributed by atoms with Gasteiger partial charge in [0.2, 0.25) is 0 Å². The maximum atomic E-state index is 12.8. The Balaban J connectivity index is 2.35. The number of anilines is 1. The zero-order valence-electron chi connectivity index (χ0n) is 11.7. The van der Waals surface area contributed by atoms with Crippen LogP contribution in [0.15, 0.2) is 54.6 Å². The molecule has 1 aliphatic heterocycles. The van der Waals surface area contributed by atoms with Gasteiger partial charge in [0.15, 0.2) is 0 Å². The fourth-order valence-corrected chi connectivity index (χ4v) is 2.80. The Morgan fingerprint density at radius 2 is 1.59 bits per heavy atom. The largest absolute Gasteiger partial charge is 0.385 e. The van der Waals surface area contributed by atoms with E-state index < -0.39 is 22.2 Å². The zero-order chi connectivity index (χ0) is 15.9. The van der Waals surface area contributed by atoms with Gasteiger partial charge < -0.3 is 4.90 Å². The first-order chi connectivity index (χ1) is 10.5. The lowest BCUT2D eigenvalue weighted by Crippen LogP contribution is -2.59. The van der Waals surface area contributed by atoms with Gasteiger partial charge in [-0.05, 0) is 12.1 Å². The molecule has 0 saturated carbocycles. The number of carbonyl (C=O) groups is 2. The van der Waals surface area contributed by atoms with Crippen LogP contribution >= 0.6 is 0 Å². The molecular weight excluding hydrogens is 284 g/mol. The average molecular weight is 296 g/mol. The van der Waals surface area contributed by atoms with E-state index in [4.69, 9.17) is 0 Å². The van der Waals surface area contributed by atoms with Crippen molar-refractivity contribution in [2.24, 2.45) is 0 Å². The smallest absolute Gasteiger partial charge is 0.308 e. The number of nitrogens with zero attached hydrogens (tertiary/aromatic N) is 2. The molecule has 1 unspecified atom stereocenters. The van der Waals surface area contributed by atoms with Crippen LogP contribution in [0, 0.1) is 10.1 Å². The summed E-state index contributed by atoms with van der Waals surface area (Å²) in [6.45, 7) is 0. The number of fused-ring (bicyclic) bond motifs is 1. The number of benzene rings is 2. The summed E-state index contributed by atoms with van der Waals surface area (Å²) in [5.41, 5.74) is -1.81. The highest BCUT2D eigenvalue weighted by Gasteiger charge is 2.64. The second kappa shape index (κ2) is 4.77. The van der Waals surface area contributed by atoms with Gasteiger partial charge in [0, 0.05) is 17.5 Å². The number of ketones is 1. The van der Waals surface area contributed by atoms with E-state index in [1.807, 2.05) is 0 Å². The topological polar surface area (TPSA) is 80.5 Å². The zero-order valence-corrected chi connectivity index (χ0v) is 11.7. The molecule has 0 aromatic heterocycles. The highest BCUT2D eigenvalue weighted by molar-refractivity contribution is 6.27. The number of nitro groups is 1. The third-order valence-electron chi connectivity index (χ3n) is 3.92. The molecule has 0 N–H and O–H groups in total. The van der Waals surface area contributed by atoms with Gasteiger partial charge in [0.1, 0.15) is 0 Å². The van der Waals surface area contributed by atoms with Crippen LogP contribution in [0.1, 0.15) is 15.9 Å². The number of hydrogen-bond donors (Lipinski definition) is 0. The monoisotopic (exact) mass is 296 g/mol. The molecule has 1 amide bonds. The maximum Gasteiger partial charge on any atom is 0.385 e. The van der Waals surface area contributed by atoms with E-state index in [2.05, 4.69) is 0 Å². The summed E-state index contributed by atoms with van der Waals surface area (Å²) in [4.78, 5) is 37.7. The molecule has 0 saturated heterocycles. The Bertz CT molecular complexity index is 788. The van der Waals surface area contributed by atoms with E-state index in [1.165, 1.54) is 30.1 Å². The molecule has 2 aromatic rings. The predicted octanol–water partition coefficient (Wildman–Crippen LogP) is 2.02. The number of para-hydroxylation sites is 1. The van der Waals surface area contributed by atoms with Crippen molar-refractivity contribution in [1.29, 1.82) is 0 Å². The summed E-state index contributed by atoms with van der Waals surface area (Å²) < 4.78 is 0. The molecule has 6 heteroatoms. The highest BCUT2D eigenvalue weighted by atomic mass is 16.6. The predicted molar refractivity (Wildman–Crippen MR) is 79.3 cm³/mol. The maximum absolute atomic E-state index is 12.8. The van der Waals surface area contributed by atoms with Crippen LogP contribution in [0.25, 0.3) is 0 Å². The van der Waals surface area contributed by atoms with Gasteiger partial charge in [-0.3, -0.25) is 19.7 Å². The summed E-state index contributed by atoms with van der Waals surface area (Å²) in [7, 11) is 1.44. The minimum absolute atomic E-state index is 0.0661. The lowest BCUT2D eigenvalue weighted by molar-refractivity contribution is -0.541. The number of hydrogen-bond acceptors (Lipinski definition) is 4. The van der Waals surface area contributed by atoms with E-state index in [-0.39, 0.29) is 11.1 Å². The Hall–Kier alpha value is -3.02. The van der Waals surface area contributed by atoms with E-state index in [0.29, 0.717) is 5.69 Å². The lowest BCUT2D eigenvalue weighted by atomic mass is 9.78. The molecule has 3 rings (SSSR count). The van der Waals surface area contributed by atoms with Crippen molar-refractivity contribution in [3.05, 3.63) is 75.8 Å². The van der Waals surface area contributed by atoms with Crippen LogP contribution < -0.4 is 4.90 Å². The SMILES string of the molecule is CN1C(=O)C(c2ccccc2)([N+](=O)[O-])C(=O)c2ccccc21. The number of carbonyl (C=O) groups excluding carboxylic acids is 2. The van der Waals surface area contributed by atoms with Crippen molar-refractivity contribution in [3.8, 4) is 0 Å². The number of Topliss-reactive ketones (excluding diaryl/α,β-unsaturated/α-hetero) is 1. The molecule has 0 aliphatic carbocycles. The Morgan fingerprint density at radius 1 is 1.00 bits per heavy atom. The van der Waals surface area contributed by atoms with Gasteiger partial charge in [0.25, 0.3) is 5.78 Å². The Morgan fingerprint density at radius 3 is 2.23 bits per heavy atom. The van der Waals surface area contributed by atoms with Gasteiger partial charge in [0.05, 0.1) is 11.3 Å². The minimum Gasteiger partial charge on any atom is -0.308 e. The molecule has 1 heterocycles. The molecule has 0 bridgehead atoms. The van der Waals surface area contributed by atoms with Crippen LogP contribution in [0.5, 0.6) is 0 Å². The molecule has 0 spiro atoms. The van der Waals surface area contributed by atoms with E-state index in [9.17, 15) is 19.7 Å².